The molecule has 100 valence electrons. The van der Waals surface area contributed by atoms with Gasteiger partial charge in [0.25, 0.3) is 0 Å². The van der Waals surface area contributed by atoms with Gasteiger partial charge in [0.1, 0.15) is 0 Å². The third-order valence-electron chi connectivity index (χ3n) is 4.75. The molecular weight excluding hydrogens is 208 g/mol. The maximum absolute atomic E-state index is 3.47. The normalized spacial score (nSPS) is 29.1. The average molecular weight is 238 g/mol. The molecule has 2 nitrogen and oxygen atoms in total. The lowest BCUT2D eigenvalue weighted by molar-refractivity contribution is 0.174. The van der Waals surface area contributed by atoms with E-state index in [4.69, 9.17) is 0 Å². The van der Waals surface area contributed by atoms with Crippen molar-refractivity contribution >= 4 is 0 Å². The van der Waals surface area contributed by atoms with Crippen molar-refractivity contribution in [3.63, 3.8) is 0 Å². The second kappa shape index (κ2) is 7.38. The molecule has 2 heteroatoms. The van der Waals surface area contributed by atoms with E-state index in [1.807, 2.05) is 0 Å². The minimum atomic E-state index is 0.888. The molecule has 0 radical (unpaired) electrons. The van der Waals surface area contributed by atoms with Crippen molar-refractivity contribution in [3.8, 4) is 0 Å². The molecule has 0 saturated carbocycles. The largest absolute Gasteiger partial charge is 0.317 e. The topological polar surface area (TPSA) is 15.3 Å². The van der Waals surface area contributed by atoms with Gasteiger partial charge in [-0.05, 0) is 70.6 Å². The summed E-state index contributed by atoms with van der Waals surface area (Å²) < 4.78 is 0. The van der Waals surface area contributed by atoms with E-state index < -0.39 is 0 Å². The van der Waals surface area contributed by atoms with E-state index >= 15 is 0 Å². The van der Waals surface area contributed by atoms with Crippen molar-refractivity contribution < 1.29 is 0 Å². The molecule has 2 aliphatic rings. The number of likely N-dealkylation sites (tertiary alicyclic amines) is 1. The van der Waals surface area contributed by atoms with E-state index in [0.717, 1.165) is 12.0 Å². The first-order valence-electron chi connectivity index (χ1n) is 7.85. The van der Waals surface area contributed by atoms with Crippen LogP contribution in [-0.4, -0.2) is 37.1 Å². The summed E-state index contributed by atoms with van der Waals surface area (Å²) in [4.78, 5) is 2.80. The fraction of sp³-hybridized carbons (Fsp3) is 1.00. The molecule has 2 aliphatic heterocycles. The van der Waals surface area contributed by atoms with E-state index in [9.17, 15) is 0 Å². The number of rotatable bonds is 4. The molecule has 0 aliphatic carbocycles. The van der Waals surface area contributed by atoms with Crippen molar-refractivity contribution in [3.05, 3.63) is 0 Å². The molecule has 0 aromatic carbocycles. The zero-order chi connectivity index (χ0) is 11.9. The van der Waals surface area contributed by atoms with Crippen molar-refractivity contribution in [2.75, 3.05) is 26.2 Å². The number of nitrogens with zero attached hydrogens (tertiary/aromatic N) is 1. The molecule has 2 heterocycles. The van der Waals surface area contributed by atoms with Crippen LogP contribution < -0.4 is 5.32 Å². The Hall–Kier alpha value is -0.0800. The van der Waals surface area contributed by atoms with Gasteiger partial charge in [0, 0.05) is 6.04 Å². The van der Waals surface area contributed by atoms with Crippen molar-refractivity contribution in [1.29, 1.82) is 0 Å². The fourth-order valence-corrected chi connectivity index (χ4v) is 3.51. The van der Waals surface area contributed by atoms with Crippen LogP contribution in [0.1, 0.15) is 58.3 Å². The molecule has 0 aromatic heterocycles. The Labute approximate surface area is 107 Å². The molecular formula is C15H30N2. The Morgan fingerprint density at radius 2 is 1.88 bits per heavy atom. The highest BCUT2D eigenvalue weighted by molar-refractivity contribution is 4.76. The van der Waals surface area contributed by atoms with Crippen LogP contribution in [0.2, 0.25) is 0 Å². The van der Waals surface area contributed by atoms with Crippen LogP contribution in [-0.2, 0) is 0 Å². The van der Waals surface area contributed by atoms with Gasteiger partial charge in [-0.3, -0.25) is 0 Å². The standard InChI is InChI=1S/C15H30N2/c1-2-15-6-4-3-5-12-17(15)13-9-14-7-10-16-11-8-14/h14-16H,2-13H2,1H3. The van der Waals surface area contributed by atoms with Crippen LogP contribution >= 0.6 is 0 Å². The molecule has 1 unspecified atom stereocenters. The first-order valence-corrected chi connectivity index (χ1v) is 7.85. The Bertz CT molecular complexity index is 199. The molecule has 2 fully saturated rings. The molecule has 1 atom stereocenters. The highest BCUT2D eigenvalue weighted by Crippen LogP contribution is 2.22. The molecule has 0 spiro atoms. The van der Waals surface area contributed by atoms with Gasteiger partial charge in [0.05, 0.1) is 0 Å². The van der Waals surface area contributed by atoms with Gasteiger partial charge in [-0.25, -0.2) is 0 Å². The highest BCUT2D eigenvalue weighted by atomic mass is 15.1. The number of piperidine rings is 1. The lowest BCUT2D eigenvalue weighted by atomic mass is 9.94. The lowest BCUT2D eigenvalue weighted by Crippen LogP contribution is -2.37. The zero-order valence-corrected chi connectivity index (χ0v) is 11.6. The number of hydrogen-bond donors (Lipinski definition) is 1. The van der Waals surface area contributed by atoms with Crippen molar-refractivity contribution in [1.82, 2.24) is 10.2 Å². The summed E-state index contributed by atoms with van der Waals surface area (Å²) in [5, 5.41) is 3.47. The SMILES string of the molecule is CCC1CCCCCN1CCC1CCNCC1. The minimum absolute atomic E-state index is 0.888. The van der Waals surface area contributed by atoms with Crippen LogP contribution in [0.15, 0.2) is 0 Å². The van der Waals surface area contributed by atoms with Crippen molar-refractivity contribution in [2.45, 2.75) is 64.3 Å². The highest BCUT2D eigenvalue weighted by Gasteiger charge is 2.21. The van der Waals surface area contributed by atoms with E-state index in [2.05, 4.69) is 17.1 Å². The smallest absolute Gasteiger partial charge is 0.00926 e. The van der Waals surface area contributed by atoms with Crippen LogP contribution in [0.3, 0.4) is 0 Å². The maximum atomic E-state index is 3.47. The molecule has 0 amide bonds. The van der Waals surface area contributed by atoms with Gasteiger partial charge >= 0.3 is 0 Å². The summed E-state index contributed by atoms with van der Waals surface area (Å²) in [6.45, 7) is 7.60. The van der Waals surface area contributed by atoms with E-state index in [1.54, 1.807) is 0 Å². The number of hydrogen-bond acceptors (Lipinski definition) is 2. The lowest BCUT2D eigenvalue weighted by Gasteiger charge is -2.31. The van der Waals surface area contributed by atoms with Gasteiger partial charge in [0.2, 0.25) is 0 Å². The summed E-state index contributed by atoms with van der Waals surface area (Å²) in [7, 11) is 0. The Morgan fingerprint density at radius 3 is 2.65 bits per heavy atom. The molecule has 17 heavy (non-hydrogen) atoms. The van der Waals surface area contributed by atoms with Crippen LogP contribution in [0.4, 0.5) is 0 Å². The van der Waals surface area contributed by atoms with Crippen LogP contribution in [0.25, 0.3) is 0 Å². The fourth-order valence-electron chi connectivity index (χ4n) is 3.51. The second-order valence-electron chi connectivity index (χ2n) is 5.93. The Morgan fingerprint density at radius 1 is 1.06 bits per heavy atom. The first-order chi connectivity index (χ1) is 8.40. The molecule has 2 rings (SSSR count). The summed E-state index contributed by atoms with van der Waals surface area (Å²) in [5.41, 5.74) is 0. The van der Waals surface area contributed by atoms with Gasteiger partial charge < -0.3 is 10.2 Å². The predicted octanol–water partition coefficient (Wildman–Crippen LogP) is 3.03. The third-order valence-corrected chi connectivity index (χ3v) is 4.75. The van der Waals surface area contributed by atoms with Gasteiger partial charge in [-0.2, -0.15) is 0 Å². The summed E-state index contributed by atoms with van der Waals surface area (Å²) in [5.74, 6) is 0.997. The zero-order valence-electron chi connectivity index (χ0n) is 11.6. The minimum Gasteiger partial charge on any atom is -0.317 e. The van der Waals surface area contributed by atoms with E-state index in [1.165, 1.54) is 77.5 Å². The quantitative estimate of drug-likeness (QED) is 0.810. The summed E-state index contributed by atoms with van der Waals surface area (Å²) >= 11 is 0. The third kappa shape index (κ3) is 4.26. The Balaban J connectivity index is 1.74. The summed E-state index contributed by atoms with van der Waals surface area (Å²) in [6.07, 6.45) is 11.4. The van der Waals surface area contributed by atoms with E-state index in [0.29, 0.717) is 0 Å². The van der Waals surface area contributed by atoms with E-state index in [-0.39, 0.29) is 0 Å². The molecule has 0 bridgehead atoms. The monoisotopic (exact) mass is 238 g/mol. The van der Waals surface area contributed by atoms with Gasteiger partial charge in [-0.15, -0.1) is 0 Å². The van der Waals surface area contributed by atoms with Gasteiger partial charge in [0.15, 0.2) is 0 Å². The first kappa shape index (κ1) is 13.4. The van der Waals surface area contributed by atoms with Crippen molar-refractivity contribution in [2.24, 2.45) is 5.92 Å². The second-order valence-corrected chi connectivity index (χ2v) is 5.93. The number of nitrogens with one attached hydrogen (secondary N) is 1. The van der Waals surface area contributed by atoms with Crippen LogP contribution in [0, 0.1) is 5.92 Å². The summed E-state index contributed by atoms with van der Waals surface area (Å²) in [6, 6.07) is 0.888. The Kier molecular flexibility index (Phi) is 5.79. The maximum Gasteiger partial charge on any atom is 0.00926 e. The average Bonchev–Trinajstić information content (AvgIpc) is 2.62. The van der Waals surface area contributed by atoms with Crippen LogP contribution in [0.5, 0.6) is 0 Å². The molecule has 1 N–H and O–H groups in total. The molecule has 2 saturated heterocycles. The molecule has 0 aromatic rings. The van der Waals surface area contributed by atoms with Gasteiger partial charge in [-0.1, -0.05) is 19.8 Å². The predicted molar refractivity (Wildman–Crippen MR) is 74.3 cm³/mol.